The third-order valence-corrected chi connectivity index (χ3v) is 4.97. The van der Waals surface area contributed by atoms with Crippen LogP contribution in [0.5, 0.6) is 0 Å². The van der Waals surface area contributed by atoms with Gasteiger partial charge in [-0.25, -0.2) is 0 Å². The summed E-state index contributed by atoms with van der Waals surface area (Å²) >= 11 is 0. The summed E-state index contributed by atoms with van der Waals surface area (Å²) in [6.45, 7) is 3.53. The molecule has 1 aliphatic rings. The van der Waals surface area contributed by atoms with E-state index in [1.807, 2.05) is 12.1 Å². The normalized spacial score (nSPS) is 15.0. The summed E-state index contributed by atoms with van der Waals surface area (Å²) in [6.07, 6.45) is 5.16. The Kier molecular flexibility index (Phi) is 6.24. The molecule has 2 heterocycles. The zero-order valence-corrected chi connectivity index (χ0v) is 15.3. The number of nitrogens with zero attached hydrogens (tertiary/aromatic N) is 2. The van der Waals surface area contributed by atoms with Crippen molar-refractivity contribution in [3.8, 4) is 0 Å². The van der Waals surface area contributed by atoms with E-state index in [-0.39, 0.29) is 13.0 Å². The van der Waals surface area contributed by atoms with E-state index >= 15 is 0 Å². The highest BCUT2D eigenvalue weighted by molar-refractivity contribution is 6.45. The Bertz CT molecular complexity index is 837. The van der Waals surface area contributed by atoms with Crippen molar-refractivity contribution in [3.63, 3.8) is 0 Å². The van der Waals surface area contributed by atoms with E-state index in [0.717, 1.165) is 25.2 Å². The van der Waals surface area contributed by atoms with Gasteiger partial charge in [0, 0.05) is 36.7 Å². The van der Waals surface area contributed by atoms with E-state index in [9.17, 15) is 14.4 Å². The fourth-order valence-electron chi connectivity index (χ4n) is 3.54. The molecule has 1 aromatic heterocycles. The lowest BCUT2D eigenvalue weighted by atomic mass is 10.1. The SMILES string of the molecule is O=C(O)CCn1cc(C(=O)C(=O)NCCN2CCCCC2)c2ccccc21. The van der Waals surface area contributed by atoms with Crippen molar-refractivity contribution < 1.29 is 19.5 Å². The Morgan fingerprint density at radius 3 is 2.52 bits per heavy atom. The minimum atomic E-state index is -0.906. The topological polar surface area (TPSA) is 91.6 Å². The summed E-state index contributed by atoms with van der Waals surface area (Å²) in [5.41, 5.74) is 1.06. The van der Waals surface area contributed by atoms with E-state index in [0.29, 0.717) is 17.5 Å². The second-order valence-corrected chi connectivity index (χ2v) is 6.88. The molecule has 0 unspecified atom stereocenters. The lowest BCUT2D eigenvalue weighted by molar-refractivity contribution is -0.137. The molecule has 1 aromatic carbocycles. The summed E-state index contributed by atoms with van der Waals surface area (Å²) in [5.74, 6) is -2.11. The number of fused-ring (bicyclic) bond motifs is 1. The lowest BCUT2D eigenvalue weighted by Gasteiger charge is -2.26. The number of piperidine rings is 1. The van der Waals surface area contributed by atoms with Crippen LogP contribution in [-0.2, 0) is 16.1 Å². The van der Waals surface area contributed by atoms with Gasteiger partial charge in [0.25, 0.3) is 11.7 Å². The Morgan fingerprint density at radius 2 is 1.78 bits per heavy atom. The van der Waals surface area contributed by atoms with Crippen molar-refractivity contribution in [3.05, 3.63) is 36.0 Å². The molecule has 2 aromatic rings. The Labute approximate surface area is 157 Å². The van der Waals surface area contributed by atoms with Crippen LogP contribution in [0.4, 0.5) is 0 Å². The number of hydrogen-bond acceptors (Lipinski definition) is 4. The largest absolute Gasteiger partial charge is 0.481 e. The molecule has 144 valence electrons. The molecule has 0 radical (unpaired) electrons. The zero-order chi connectivity index (χ0) is 19.2. The maximum Gasteiger partial charge on any atom is 0.305 e. The molecule has 27 heavy (non-hydrogen) atoms. The van der Waals surface area contributed by atoms with Gasteiger partial charge in [-0.05, 0) is 32.0 Å². The molecule has 0 aliphatic carbocycles. The number of carboxylic acids is 1. The molecular weight excluding hydrogens is 346 g/mol. The number of likely N-dealkylation sites (tertiary alicyclic amines) is 1. The number of hydrogen-bond donors (Lipinski definition) is 2. The Morgan fingerprint density at radius 1 is 1.04 bits per heavy atom. The van der Waals surface area contributed by atoms with Crippen LogP contribution in [0, 0.1) is 0 Å². The van der Waals surface area contributed by atoms with Gasteiger partial charge in [0.2, 0.25) is 0 Å². The molecular formula is C20H25N3O4. The van der Waals surface area contributed by atoms with Crippen molar-refractivity contribution in [1.82, 2.24) is 14.8 Å². The quantitative estimate of drug-likeness (QED) is 0.546. The Hall–Kier alpha value is -2.67. The first-order valence-corrected chi connectivity index (χ1v) is 9.41. The number of benzene rings is 1. The van der Waals surface area contributed by atoms with Gasteiger partial charge in [-0.3, -0.25) is 14.4 Å². The van der Waals surface area contributed by atoms with E-state index in [1.54, 1.807) is 22.9 Å². The highest BCUT2D eigenvalue weighted by atomic mass is 16.4. The van der Waals surface area contributed by atoms with Crippen molar-refractivity contribution in [2.45, 2.75) is 32.2 Å². The number of Topliss-reactive ketones (excluding diaryl/α,β-unsaturated/α-hetero) is 1. The predicted octanol–water partition coefficient (Wildman–Crippen LogP) is 1.90. The van der Waals surface area contributed by atoms with Crippen LogP contribution in [0.3, 0.4) is 0 Å². The van der Waals surface area contributed by atoms with Gasteiger partial charge in [0.15, 0.2) is 0 Å². The van der Waals surface area contributed by atoms with Gasteiger partial charge in [-0.15, -0.1) is 0 Å². The van der Waals surface area contributed by atoms with Crippen LogP contribution in [0.2, 0.25) is 0 Å². The van der Waals surface area contributed by atoms with Crippen LogP contribution in [0.15, 0.2) is 30.5 Å². The lowest BCUT2D eigenvalue weighted by Crippen LogP contribution is -2.39. The summed E-state index contributed by atoms with van der Waals surface area (Å²) in [5, 5.41) is 12.3. The standard InChI is InChI=1S/C20H25N3O4/c24-18(25)8-12-23-14-16(15-6-2-3-7-17(15)23)19(26)20(27)21-9-13-22-10-4-1-5-11-22/h2-3,6-7,14H,1,4-5,8-13H2,(H,21,27)(H,24,25). The van der Waals surface area contributed by atoms with Crippen molar-refractivity contribution in [2.24, 2.45) is 0 Å². The molecule has 2 N–H and O–H groups in total. The number of carbonyl (C=O) groups is 3. The van der Waals surface area contributed by atoms with E-state index in [1.165, 1.54) is 19.3 Å². The second kappa shape index (κ2) is 8.81. The molecule has 1 amide bonds. The first-order valence-electron chi connectivity index (χ1n) is 9.41. The van der Waals surface area contributed by atoms with E-state index in [4.69, 9.17) is 5.11 Å². The van der Waals surface area contributed by atoms with Crippen molar-refractivity contribution >= 4 is 28.6 Å². The van der Waals surface area contributed by atoms with Gasteiger partial charge >= 0.3 is 5.97 Å². The van der Waals surface area contributed by atoms with Gasteiger partial charge in [0.05, 0.1) is 12.0 Å². The molecule has 0 atom stereocenters. The van der Waals surface area contributed by atoms with Crippen LogP contribution in [-0.4, -0.2) is 58.4 Å². The maximum atomic E-state index is 12.6. The smallest absolute Gasteiger partial charge is 0.305 e. The van der Waals surface area contributed by atoms with Crippen molar-refractivity contribution in [1.29, 1.82) is 0 Å². The van der Waals surface area contributed by atoms with E-state index in [2.05, 4.69) is 10.2 Å². The first kappa shape index (κ1) is 19.1. The fraction of sp³-hybridized carbons (Fsp3) is 0.450. The number of carbonyl (C=O) groups excluding carboxylic acids is 2. The molecule has 1 fully saturated rings. The number of amides is 1. The van der Waals surface area contributed by atoms with Crippen molar-refractivity contribution in [2.75, 3.05) is 26.2 Å². The average Bonchev–Trinajstić information content (AvgIpc) is 3.05. The number of carboxylic acid groups (broad SMARTS) is 1. The third-order valence-electron chi connectivity index (χ3n) is 4.97. The number of aryl methyl sites for hydroxylation is 1. The second-order valence-electron chi connectivity index (χ2n) is 6.88. The summed E-state index contributed by atoms with van der Waals surface area (Å²) in [6, 6.07) is 7.23. The zero-order valence-electron chi connectivity index (χ0n) is 15.3. The fourth-order valence-corrected chi connectivity index (χ4v) is 3.54. The van der Waals surface area contributed by atoms with Gasteiger partial charge in [-0.2, -0.15) is 0 Å². The number of nitrogens with one attached hydrogen (secondary N) is 1. The molecule has 0 saturated carbocycles. The van der Waals surface area contributed by atoms with Gasteiger partial charge in [0.1, 0.15) is 0 Å². The van der Waals surface area contributed by atoms with Crippen LogP contribution < -0.4 is 5.32 Å². The number of ketones is 1. The highest BCUT2D eigenvalue weighted by Gasteiger charge is 2.21. The monoisotopic (exact) mass is 371 g/mol. The number of rotatable bonds is 8. The number of aliphatic carboxylic acids is 1. The molecule has 0 spiro atoms. The predicted molar refractivity (Wildman–Crippen MR) is 102 cm³/mol. The highest BCUT2D eigenvalue weighted by Crippen LogP contribution is 2.22. The first-order chi connectivity index (χ1) is 13.1. The maximum absolute atomic E-state index is 12.6. The van der Waals surface area contributed by atoms with E-state index < -0.39 is 17.7 Å². The molecule has 1 saturated heterocycles. The summed E-state index contributed by atoms with van der Waals surface area (Å²) in [4.78, 5) is 38.1. The minimum absolute atomic E-state index is 0.0473. The number of aromatic nitrogens is 1. The molecule has 1 aliphatic heterocycles. The summed E-state index contributed by atoms with van der Waals surface area (Å²) in [7, 11) is 0. The van der Waals surface area contributed by atoms with Crippen LogP contribution in [0.25, 0.3) is 10.9 Å². The van der Waals surface area contributed by atoms with Gasteiger partial charge < -0.3 is 19.9 Å². The summed E-state index contributed by atoms with van der Waals surface area (Å²) < 4.78 is 1.72. The molecule has 7 nitrogen and oxygen atoms in total. The molecule has 7 heteroatoms. The molecule has 0 bridgehead atoms. The van der Waals surface area contributed by atoms with Crippen LogP contribution in [0.1, 0.15) is 36.0 Å². The number of para-hydroxylation sites is 1. The average molecular weight is 371 g/mol. The van der Waals surface area contributed by atoms with Crippen LogP contribution >= 0.6 is 0 Å². The third kappa shape index (κ3) is 4.74. The Balaban J connectivity index is 1.67. The molecule has 3 rings (SSSR count). The van der Waals surface area contributed by atoms with Gasteiger partial charge in [-0.1, -0.05) is 24.6 Å². The minimum Gasteiger partial charge on any atom is -0.481 e.